The van der Waals surface area contributed by atoms with Crippen molar-refractivity contribution in [2.75, 3.05) is 20.2 Å². The monoisotopic (exact) mass is 446 g/mol. The Balaban J connectivity index is 1.38. The minimum Gasteiger partial charge on any atom is -0.497 e. The lowest BCUT2D eigenvalue weighted by atomic mass is 10.2. The van der Waals surface area contributed by atoms with Gasteiger partial charge in [0, 0.05) is 24.8 Å². The second-order valence-electron chi connectivity index (χ2n) is 6.83. The van der Waals surface area contributed by atoms with Crippen molar-refractivity contribution >= 4 is 21.8 Å². The molecule has 30 heavy (non-hydrogen) atoms. The standard InChI is InChI=1S/C20H22N4O4S2/c1-27-16-7-5-15(6-8-16)20-22-18(23-28-20)14-29-19-10-9-17(13-21-19)30(25,26)24-11-3-2-4-12-24/h5-10,13H,2-4,11-12,14H2,1H3. The van der Waals surface area contributed by atoms with Crippen LogP contribution in [0, 0.1) is 0 Å². The first-order valence-corrected chi connectivity index (χ1v) is 12.0. The second kappa shape index (κ2) is 9.15. The number of aromatic nitrogens is 3. The molecule has 0 N–H and O–H groups in total. The maximum atomic E-state index is 12.7. The molecule has 0 saturated carbocycles. The predicted molar refractivity (Wildman–Crippen MR) is 113 cm³/mol. The quantitative estimate of drug-likeness (QED) is 0.508. The van der Waals surface area contributed by atoms with E-state index in [2.05, 4.69) is 15.1 Å². The highest BCUT2D eigenvalue weighted by molar-refractivity contribution is 7.98. The number of rotatable bonds is 7. The molecule has 158 valence electrons. The molecular weight excluding hydrogens is 424 g/mol. The largest absolute Gasteiger partial charge is 0.497 e. The third-order valence-corrected chi connectivity index (χ3v) is 7.64. The average Bonchev–Trinajstić information content (AvgIpc) is 3.28. The van der Waals surface area contributed by atoms with Crippen molar-refractivity contribution in [3.63, 3.8) is 0 Å². The normalized spacial score (nSPS) is 15.2. The fraction of sp³-hybridized carbons (Fsp3) is 0.350. The van der Waals surface area contributed by atoms with E-state index in [1.54, 1.807) is 23.5 Å². The van der Waals surface area contributed by atoms with Crippen LogP contribution in [0.25, 0.3) is 11.5 Å². The topological polar surface area (TPSA) is 98.4 Å². The van der Waals surface area contributed by atoms with Crippen molar-refractivity contribution in [3.05, 3.63) is 48.4 Å². The lowest BCUT2D eigenvalue weighted by Crippen LogP contribution is -2.35. The fourth-order valence-electron chi connectivity index (χ4n) is 3.16. The van der Waals surface area contributed by atoms with E-state index in [1.807, 2.05) is 24.3 Å². The summed E-state index contributed by atoms with van der Waals surface area (Å²) >= 11 is 1.42. The molecule has 1 saturated heterocycles. The first-order valence-electron chi connectivity index (χ1n) is 9.62. The van der Waals surface area contributed by atoms with E-state index in [-0.39, 0.29) is 4.90 Å². The molecule has 2 aromatic heterocycles. The third-order valence-electron chi connectivity index (χ3n) is 4.82. The molecule has 4 rings (SSSR count). The van der Waals surface area contributed by atoms with Gasteiger partial charge in [0.15, 0.2) is 5.82 Å². The number of ether oxygens (including phenoxy) is 1. The van der Waals surface area contributed by atoms with E-state index < -0.39 is 10.0 Å². The molecule has 1 fully saturated rings. The van der Waals surface area contributed by atoms with E-state index >= 15 is 0 Å². The second-order valence-corrected chi connectivity index (χ2v) is 9.76. The molecule has 1 aliphatic heterocycles. The van der Waals surface area contributed by atoms with Crippen molar-refractivity contribution in [1.29, 1.82) is 0 Å². The van der Waals surface area contributed by atoms with E-state index in [9.17, 15) is 8.42 Å². The Morgan fingerprint density at radius 3 is 2.53 bits per heavy atom. The summed E-state index contributed by atoms with van der Waals surface area (Å²) in [7, 11) is -1.85. The van der Waals surface area contributed by atoms with Gasteiger partial charge >= 0.3 is 0 Å². The van der Waals surface area contributed by atoms with Gasteiger partial charge < -0.3 is 9.26 Å². The van der Waals surface area contributed by atoms with E-state index in [1.165, 1.54) is 18.0 Å². The zero-order chi connectivity index (χ0) is 21.0. The van der Waals surface area contributed by atoms with Gasteiger partial charge in [-0.25, -0.2) is 13.4 Å². The SMILES string of the molecule is COc1ccc(-c2nc(CSc3ccc(S(=O)(=O)N4CCCCC4)cn3)no2)cc1. The summed E-state index contributed by atoms with van der Waals surface area (Å²) in [5.74, 6) is 2.19. The van der Waals surface area contributed by atoms with Crippen molar-refractivity contribution in [3.8, 4) is 17.2 Å². The van der Waals surface area contributed by atoms with Gasteiger partial charge in [0.1, 0.15) is 10.6 Å². The van der Waals surface area contributed by atoms with Gasteiger partial charge in [0.05, 0.1) is 17.9 Å². The Morgan fingerprint density at radius 2 is 1.87 bits per heavy atom. The molecule has 0 spiro atoms. The molecule has 3 aromatic rings. The number of piperidine rings is 1. The first-order chi connectivity index (χ1) is 14.6. The fourth-order valence-corrected chi connectivity index (χ4v) is 5.31. The van der Waals surface area contributed by atoms with E-state index in [4.69, 9.17) is 9.26 Å². The van der Waals surface area contributed by atoms with Crippen LogP contribution >= 0.6 is 11.8 Å². The van der Waals surface area contributed by atoms with Crippen molar-refractivity contribution in [2.24, 2.45) is 0 Å². The molecule has 0 unspecified atom stereocenters. The van der Waals surface area contributed by atoms with Crippen LogP contribution < -0.4 is 4.74 Å². The Morgan fingerprint density at radius 1 is 1.10 bits per heavy atom. The van der Waals surface area contributed by atoms with Crippen LogP contribution in [0.4, 0.5) is 0 Å². The number of nitrogens with zero attached hydrogens (tertiary/aromatic N) is 4. The molecule has 0 aliphatic carbocycles. The highest BCUT2D eigenvalue weighted by Gasteiger charge is 2.26. The van der Waals surface area contributed by atoms with Gasteiger partial charge in [-0.05, 0) is 49.2 Å². The van der Waals surface area contributed by atoms with Gasteiger partial charge in [-0.15, -0.1) is 0 Å². The Bertz CT molecular complexity index is 1080. The minimum absolute atomic E-state index is 0.232. The Hall–Kier alpha value is -2.43. The number of sulfonamides is 1. The molecule has 0 radical (unpaired) electrons. The van der Waals surface area contributed by atoms with Gasteiger partial charge in [0.25, 0.3) is 5.89 Å². The number of hydrogen-bond donors (Lipinski definition) is 0. The van der Waals surface area contributed by atoms with Crippen LogP contribution in [0.1, 0.15) is 25.1 Å². The number of methoxy groups -OCH3 is 1. The maximum Gasteiger partial charge on any atom is 0.257 e. The Labute approximate surface area is 179 Å². The number of benzene rings is 1. The summed E-state index contributed by atoms with van der Waals surface area (Å²) in [5, 5.41) is 4.70. The molecule has 3 heterocycles. The van der Waals surface area contributed by atoms with Gasteiger partial charge in [-0.1, -0.05) is 23.3 Å². The van der Waals surface area contributed by atoms with Crippen molar-refractivity contribution in [1.82, 2.24) is 19.4 Å². The lowest BCUT2D eigenvalue weighted by molar-refractivity contribution is 0.346. The minimum atomic E-state index is -3.47. The van der Waals surface area contributed by atoms with Crippen molar-refractivity contribution in [2.45, 2.75) is 34.9 Å². The van der Waals surface area contributed by atoms with Crippen molar-refractivity contribution < 1.29 is 17.7 Å². The van der Waals surface area contributed by atoms with Crippen LogP contribution in [0.15, 0.2) is 57.0 Å². The van der Waals surface area contributed by atoms with Crippen LogP contribution in [0.5, 0.6) is 5.75 Å². The smallest absolute Gasteiger partial charge is 0.257 e. The number of thioether (sulfide) groups is 1. The lowest BCUT2D eigenvalue weighted by Gasteiger charge is -2.25. The molecule has 1 aromatic carbocycles. The average molecular weight is 447 g/mol. The first kappa shape index (κ1) is 20.8. The molecule has 8 nitrogen and oxygen atoms in total. The maximum absolute atomic E-state index is 12.7. The summed E-state index contributed by atoms with van der Waals surface area (Å²) in [6.45, 7) is 1.15. The molecule has 0 bridgehead atoms. The number of pyridine rings is 1. The highest BCUT2D eigenvalue weighted by Crippen LogP contribution is 2.25. The number of hydrogen-bond acceptors (Lipinski definition) is 8. The third kappa shape index (κ3) is 4.66. The van der Waals surface area contributed by atoms with E-state index in [0.29, 0.717) is 35.6 Å². The summed E-state index contributed by atoms with van der Waals surface area (Å²) in [6, 6.07) is 10.7. The highest BCUT2D eigenvalue weighted by atomic mass is 32.2. The van der Waals surface area contributed by atoms with Crippen LogP contribution in [0.3, 0.4) is 0 Å². The van der Waals surface area contributed by atoms with Crippen LogP contribution in [-0.2, 0) is 15.8 Å². The van der Waals surface area contributed by atoms with Gasteiger partial charge in [-0.3, -0.25) is 0 Å². The summed E-state index contributed by atoms with van der Waals surface area (Å²) in [4.78, 5) is 8.93. The zero-order valence-corrected chi connectivity index (χ0v) is 18.2. The van der Waals surface area contributed by atoms with E-state index in [0.717, 1.165) is 30.6 Å². The molecular formula is C20H22N4O4S2. The summed E-state index contributed by atoms with van der Waals surface area (Å²) in [6.07, 6.45) is 4.31. The summed E-state index contributed by atoms with van der Waals surface area (Å²) < 4.78 is 37.4. The summed E-state index contributed by atoms with van der Waals surface area (Å²) in [5.41, 5.74) is 0.810. The Kier molecular flexibility index (Phi) is 6.35. The molecule has 0 atom stereocenters. The molecule has 10 heteroatoms. The van der Waals surface area contributed by atoms with Gasteiger partial charge in [0.2, 0.25) is 10.0 Å². The van der Waals surface area contributed by atoms with Crippen LogP contribution in [-0.4, -0.2) is 48.0 Å². The van der Waals surface area contributed by atoms with Crippen LogP contribution in [0.2, 0.25) is 0 Å². The molecule has 1 aliphatic rings. The zero-order valence-electron chi connectivity index (χ0n) is 16.5. The van der Waals surface area contributed by atoms with Gasteiger partial charge in [-0.2, -0.15) is 9.29 Å². The predicted octanol–water partition coefficient (Wildman–Crippen LogP) is 3.61. The molecule has 0 amide bonds.